The van der Waals surface area contributed by atoms with Gasteiger partial charge in [-0.2, -0.15) is 21.6 Å². The average molecular weight is 687 g/mol. The third-order valence-corrected chi connectivity index (χ3v) is 12.2. The smallest absolute Gasteiger partial charge is 0.417 e. The van der Waals surface area contributed by atoms with Gasteiger partial charge < -0.3 is 9.84 Å². The molecule has 4 aromatic rings. The zero-order valence-corrected chi connectivity index (χ0v) is 26.7. The highest BCUT2D eigenvalue weighted by atomic mass is 32.2. The number of anilines is 1. The molecule has 0 spiro atoms. The Balaban J connectivity index is 1.16. The molecule has 246 valence electrons. The van der Waals surface area contributed by atoms with E-state index in [-0.39, 0.29) is 33.0 Å². The van der Waals surface area contributed by atoms with Gasteiger partial charge in [0.15, 0.2) is 5.03 Å². The molecule has 0 unspecified atom stereocenters. The molecule has 1 aromatic heterocycles. The van der Waals surface area contributed by atoms with Crippen molar-refractivity contribution < 1.29 is 40.6 Å². The van der Waals surface area contributed by atoms with Gasteiger partial charge in [-0.3, -0.25) is 4.72 Å². The van der Waals surface area contributed by atoms with Crippen molar-refractivity contribution in [2.75, 3.05) is 11.8 Å². The SMILES string of the molecule is COc1cc(C(=O)O)c(F)cc1NS(=O)(=O)c1csc(-c2ccc(-c3ccc(C45CC6CC(CC(C6)C4)C5)cc3)c(C(F)(F)F)c2)n1. The molecule has 0 aliphatic heterocycles. The molecule has 8 rings (SSSR count). The highest BCUT2D eigenvalue weighted by molar-refractivity contribution is 7.92. The maximum Gasteiger partial charge on any atom is 0.417 e. The summed E-state index contributed by atoms with van der Waals surface area (Å²) < 4.78 is 90.9. The summed E-state index contributed by atoms with van der Waals surface area (Å²) in [5, 5.41) is 9.80. The number of ether oxygens (including phenoxy) is 1. The Labute approximate surface area is 272 Å². The Hall–Kier alpha value is -3.97. The van der Waals surface area contributed by atoms with Crippen molar-refractivity contribution in [3.63, 3.8) is 0 Å². The summed E-state index contributed by atoms with van der Waals surface area (Å²) in [5.74, 6) is -0.773. The van der Waals surface area contributed by atoms with Crippen molar-refractivity contribution >= 4 is 33.0 Å². The first kappa shape index (κ1) is 31.6. The van der Waals surface area contributed by atoms with Gasteiger partial charge in [-0.25, -0.2) is 14.2 Å². The number of carboxylic acid groups (broad SMARTS) is 1. The van der Waals surface area contributed by atoms with Gasteiger partial charge in [0.05, 0.1) is 23.9 Å². The minimum Gasteiger partial charge on any atom is -0.495 e. The van der Waals surface area contributed by atoms with Crippen molar-refractivity contribution in [3.05, 3.63) is 82.5 Å². The van der Waals surface area contributed by atoms with Gasteiger partial charge >= 0.3 is 12.1 Å². The molecule has 4 fully saturated rings. The van der Waals surface area contributed by atoms with Gasteiger partial charge in [-0.05, 0) is 90.5 Å². The maximum atomic E-state index is 14.4. The third-order valence-electron chi connectivity index (χ3n) is 9.94. The van der Waals surface area contributed by atoms with E-state index in [1.807, 2.05) is 12.1 Å². The Morgan fingerprint density at radius 3 is 2.17 bits per heavy atom. The molecule has 0 saturated heterocycles. The fraction of sp³-hybridized carbons (Fsp3) is 0.353. The second kappa shape index (κ2) is 11.3. The van der Waals surface area contributed by atoms with E-state index < -0.39 is 44.1 Å². The minimum atomic E-state index is -4.69. The molecule has 0 radical (unpaired) electrons. The summed E-state index contributed by atoms with van der Waals surface area (Å²) in [4.78, 5) is 15.3. The van der Waals surface area contributed by atoms with Crippen LogP contribution in [-0.4, -0.2) is 31.6 Å². The van der Waals surface area contributed by atoms with Crippen LogP contribution in [0, 0.1) is 23.6 Å². The van der Waals surface area contributed by atoms with E-state index in [1.165, 1.54) is 37.0 Å². The summed E-state index contributed by atoms with van der Waals surface area (Å²) in [6.07, 6.45) is 2.69. The molecule has 47 heavy (non-hydrogen) atoms. The number of carbonyl (C=O) groups is 1. The standard InChI is InChI=1S/C34H30F4N2O5S2/c1-45-29-12-25(32(41)42)27(35)13-28(29)40-47(43,44)30-17-46-31(39-30)22-4-7-24(26(11-22)34(36,37)38)21-2-5-23(6-3-21)33-14-18-8-19(15-33)10-20(9-18)16-33/h2-7,11-13,17-20,40H,8-10,14-16H2,1H3,(H,41,42). The lowest BCUT2D eigenvalue weighted by atomic mass is 9.48. The number of thiazole rings is 1. The Morgan fingerprint density at radius 1 is 0.979 bits per heavy atom. The first-order chi connectivity index (χ1) is 22.2. The van der Waals surface area contributed by atoms with Crippen molar-refractivity contribution in [2.24, 2.45) is 17.8 Å². The van der Waals surface area contributed by atoms with E-state index in [9.17, 15) is 30.8 Å². The summed E-state index contributed by atoms with van der Waals surface area (Å²) in [6.45, 7) is 0. The zero-order chi connectivity index (χ0) is 33.3. The molecular formula is C34H30F4N2O5S2. The number of sulfonamides is 1. The first-order valence-electron chi connectivity index (χ1n) is 15.2. The van der Waals surface area contributed by atoms with E-state index in [0.717, 1.165) is 73.0 Å². The van der Waals surface area contributed by atoms with Crippen LogP contribution in [0.4, 0.5) is 23.2 Å². The summed E-state index contributed by atoms with van der Waals surface area (Å²) >= 11 is 0.829. The van der Waals surface area contributed by atoms with Crippen LogP contribution in [0.1, 0.15) is 60.0 Å². The largest absolute Gasteiger partial charge is 0.495 e. The van der Waals surface area contributed by atoms with Crippen LogP contribution in [0.2, 0.25) is 0 Å². The number of nitrogens with one attached hydrogen (secondary N) is 1. The monoisotopic (exact) mass is 686 g/mol. The van der Waals surface area contributed by atoms with Gasteiger partial charge in [-0.15, -0.1) is 11.3 Å². The fourth-order valence-electron chi connectivity index (χ4n) is 8.31. The second-order valence-electron chi connectivity index (χ2n) is 13.0. The molecule has 3 aromatic carbocycles. The van der Waals surface area contributed by atoms with Crippen LogP contribution in [0.15, 0.2) is 65.0 Å². The lowest BCUT2D eigenvalue weighted by Gasteiger charge is -2.57. The van der Waals surface area contributed by atoms with Crippen LogP contribution in [0.25, 0.3) is 21.7 Å². The topological polar surface area (TPSA) is 106 Å². The van der Waals surface area contributed by atoms with E-state index in [4.69, 9.17) is 9.84 Å². The van der Waals surface area contributed by atoms with Gasteiger partial charge in [-0.1, -0.05) is 36.4 Å². The van der Waals surface area contributed by atoms with Crippen LogP contribution in [0.3, 0.4) is 0 Å². The summed E-state index contributed by atoms with van der Waals surface area (Å²) in [7, 11) is -3.31. The number of rotatable bonds is 8. The van der Waals surface area contributed by atoms with Crippen LogP contribution in [0.5, 0.6) is 5.75 Å². The van der Waals surface area contributed by atoms with Crippen molar-refractivity contribution in [1.82, 2.24) is 4.98 Å². The Bertz CT molecular complexity index is 1950. The van der Waals surface area contributed by atoms with Crippen molar-refractivity contribution in [1.29, 1.82) is 0 Å². The molecule has 4 saturated carbocycles. The lowest BCUT2D eigenvalue weighted by molar-refractivity contribution is -0.137. The highest BCUT2D eigenvalue weighted by Gasteiger charge is 2.51. The minimum absolute atomic E-state index is 0.0170. The van der Waals surface area contributed by atoms with Gasteiger partial charge in [0.2, 0.25) is 0 Å². The summed E-state index contributed by atoms with van der Waals surface area (Å²) in [6, 6.07) is 12.9. The predicted octanol–water partition coefficient (Wildman–Crippen LogP) is 8.61. The lowest BCUT2D eigenvalue weighted by Crippen LogP contribution is -2.48. The quantitative estimate of drug-likeness (QED) is 0.180. The molecule has 1 heterocycles. The molecular weight excluding hydrogens is 657 g/mol. The number of aromatic nitrogens is 1. The molecule has 4 bridgehead atoms. The number of nitrogens with zero attached hydrogens (tertiary/aromatic N) is 1. The maximum absolute atomic E-state index is 14.4. The average Bonchev–Trinajstić information content (AvgIpc) is 3.51. The fourth-order valence-corrected chi connectivity index (χ4v) is 10.5. The number of hydrogen-bond acceptors (Lipinski definition) is 6. The Morgan fingerprint density at radius 2 is 1.60 bits per heavy atom. The molecule has 0 amide bonds. The molecule has 7 nitrogen and oxygen atoms in total. The zero-order valence-electron chi connectivity index (χ0n) is 25.1. The van der Waals surface area contributed by atoms with E-state index in [0.29, 0.717) is 11.6 Å². The molecule has 2 N–H and O–H groups in total. The number of carboxylic acids is 1. The number of benzene rings is 3. The predicted molar refractivity (Wildman–Crippen MR) is 169 cm³/mol. The van der Waals surface area contributed by atoms with Gasteiger partial charge in [0.1, 0.15) is 16.6 Å². The van der Waals surface area contributed by atoms with Crippen LogP contribution >= 0.6 is 11.3 Å². The normalized spacial score (nSPS) is 23.6. The van der Waals surface area contributed by atoms with Crippen molar-refractivity contribution in [3.8, 4) is 27.4 Å². The first-order valence-corrected chi connectivity index (χ1v) is 17.5. The van der Waals surface area contributed by atoms with Crippen LogP contribution in [-0.2, 0) is 21.6 Å². The van der Waals surface area contributed by atoms with Crippen molar-refractivity contribution in [2.45, 2.75) is 55.1 Å². The number of alkyl halides is 3. The van der Waals surface area contributed by atoms with E-state index in [2.05, 4.69) is 9.71 Å². The van der Waals surface area contributed by atoms with Crippen LogP contribution < -0.4 is 9.46 Å². The number of halogens is 4. The van der Waals surface area contributed by atoms with Gasteiger partial charge in [0, 0.05) is 17.0 Å². The third kappa shape index (κ3) is 5.77. The summed E-state index contributed by atoms with van der Waals surface area (Å²) in [5.41, 5.74) is -0.0776. The molecule has 4 aliphatic rings. The van der Waals surface area contributed by atoms with Gasteiger partial charge in [0.25, 0.3) is 10.0 Å². The molecule has 0 atom stereocenters. The molecule has 13 heteroatoms. The number of hydrogen-bond donors (Lipinski definition) is 2. The second-order valence-corrected chi connectivity index (χ2v) is 15.5. The van der Waals surface area contributed by atoms with E-state index >= 15 is 0 Å². The number of methoxy groups -OCH3 is 1. The number of aromatic carboxylic acids is 1. The molecule has 4 aliphatic carbocycles. The van der Waals surface area contributed by atoms with E-state index in [1.54, 1.807) is 12.1 Å². The highest BCUT2D eigenvalue weighted by Crippen LogP contribution is 2.60. The Kier molecular flexibility index (Phi) is 7.62.